The fraction of sp³-hybridized carbons (Fsp3) is 0.533. The van der Waals surface area contributed by atoms with Gasteiger partial charge >= 0.3 is 5.97 Å². The van der Waals surface area contributed by atoms with E-state index in [-0.39, 0.29) is 24.0 Å². The number of ether oxygens (including phenoxy) is 1. The van der Waals surface area contributed by atoms with E-state index in [0.29, 0.717) is 12.8 Å². The van der Waals surface area contributed by atoms with Gasteiger partial charge in [-0.2, -0.15) is 0 Å². The van der Waals surface area contributed by atoms with Crippen LogP contribution in [0.25, 0.3) is 0 Å². The van der Waals surface area contributed by atoms with Crippen LogP contribution in [0.4, 0.5) is 0 Å². The quantitative estimate of drug-likeness (QED) is 0.473. The summed E-state index contributed by atoms with van der Waals surface area (Å²) >= 11 is 3.62. The Morgan fingerprint density at radius 3 is 2.58 bits per heavy atom. The molecule has 3 nitrogen and oxygen atoms in total. The van der Waals surface area contributed by atoms with Crippen LogP contribution in [0.15, 0.2) is 30.3 Å². The Bertz CT molecular complexity index is 390. The summed E-state index contributed by atoms with van der Waals surface area (Å²) in [5, 5.41) is 8.68. The van der Waals surface area contributed by atoms with Gasteiger partial charge in [0.1, 0.15) is 0 Å². The number of aliphatic hydroxyl groups excluding tert-OH is 1. The van der Waals surface area contributed by atoms with Crippen molar-refractivity contribution in [3.05, 3.63) is 35.9 Å². The molecule has 1 atom stereocenters. The van der Waals surface area contributed by atoms with Gasteiger partial charge in [0.05, 0.1) is 12.0 Å². The van der Waals surface area contributed by atoms with Crippen molar-refractivity contribution in [1.82, 2.24) is 0 Å². The van der Waals surface area contributed by atoms with E-state index in [4.69, 9.17) is 9.84 Å². The molecule has 0 aliphatic heterocycles. The molecule has 0 saturated heterocycles. The number of esters is 1. The van der Waals surface area contributed by atoms with E-state index in [1.807, 2.05) is 44.2 Å². The van der Waals surface area contributed by atoms with Gasteiger partial charge in [-0.3, -0.25) is 4.79 Å². The lowest BCUT2D eigenvalue weighted by Crippen LogP contribution is -2.28. The maximum atomic E-state index is 12.0. The molecular weight excluding hydrogens is 308 g/mol. The molecule has 0 aliphatic rings. The second kappa shape index (κ2) is 7.65. The van der Waals surface area contributed by atoms with Crippen molar-refractivity contribution in [3.8, 4) is 0 Å². The number of carbonyl (C=O) groups is 1. The first-order valence-corrected chi connectivity index (χ1v) is 7.36. The van der Waals surface area contributed by atoms with Gasteiger partial charge in [0, 0.05) is 17.9 Å². The van der Waals surface area contributed by atoms with E-state index < -0.39 is 5.41 Å². The van der Waals surface area contributed by atoms with Crippen molar-refractivity contribution in [3.63, 3.8) is 0 Å². The summed E-state index contributed by atoms with van der Waals surface area (Å²) in [6.07, 6.45) is 1.15. The van der Waals surface area contributed by atoms with Crippen molar-refractivity contribution in [2.75, 3.05) is 13.2 Å². The number of carbonyl (C=O) groups excluding carboxylic acids is 1. The smallest absolute Gasteiger partial charge is 0.311 e. The molecule has 0 aliphatic carbocycles. The van der Waals surface area contributed by atoms with Crippen LogP contribution in [0.1, 0.15) is 37.1 Å². The molecule has 4 heteroatoms. The van der Waals surface area contributed by atoms with Crippen molar-refractivity contribution >= 4 is 21.9 Å². The number of halogens is 1. The average Bonchev–Trinajstić information content (AvgIpc) is 2.39. The highest BCUT2D eigenvalue weighted by Crippen LogP contribution is 2.36. The minimum Gasteiger partial charge on any atom is -0.465 e. The highest BCUT2D eigenvalue weighted by molar-refractivity contribution is 9.09. The minimum absolute atomic E-state index is 0.0405. The van der Waals surface area contributed by atoms with Crippen LogP contribution in [0.3, 0.4) is 0 Å². The molecule has 19 heavy (non-hydrogen) atoms. The van der Waals surface area contributed by atoms with Crippen LogP contribution in [-0.2, 0) is 9.53 Å². The molecular formula is C15H21BrO3. The molecule has 0 saturated carbocycles. The van der Waals surface area contributed by atoms with Crippen LogP contribution in [0, 0.1) is 5.41 Å². The van der Waals surface area contributed by atoms with E-state index in [1.165, 1.54) is 0 Å². The van der Waals surface area contributed by atoms with Gasteiger partial charge in [-0.05, 0) is 25.8 Å². The minimum atomic E-state index is -0.556. The summed E-state index contributed by atoms with van der Waals surface area (Å²) in [5.74, 6) is -0.221. The molecule has 0 heterocycles. The number of hydrogen-bond acceptors (Lipinski definition) is 3. The topological polar surface area (TPSA) is 46.5 Å². The molecule has 1 N–H and O–H groups in total. The van der Waals surface area contributed by atoms with Crippen molar-refractivity contribution < 1.29 is 14.6 Å². The number of rotatable bonds is 7. The molecule has 1 unspecified atom stereocenters. The third kappa shape index (κ3) is 5.33. The lowest BCUT2D eigenvalue weighted by atomic mass is 9.86. The summed E-state index contributed by atoms with van der Waals surface area (Å²) < 4.78 is 5.16. The summed E-state index contributed by atoms with van der Waals surface area (Å²) in [6, 6.07) is 10.0. The lowest BCUT2D eigenvalue weighted by Gasteiger charge is -2.25. The maximum Gasteiger partial charge on any atom is 0.311 e. The second-order valence-corrected chi connectivity index (χ2v) is 6.28. The van der Waals surface area contributed by atoms with Gasteiger partial charge in [0.15, 0.2) is 0 Å². The molecule has 0 fully saturated rings. The Hall–Kier alpha value is -0.870. The molecule has 1 aromatic rings. The first-order valence-electron chi connectivity index (χ1n) is 6.44. The number of aliphatic hydroxyl groups is 1. The number of alkyl halides is 1. The zero-order chi connectivity index (χ0) is 14.3. The summed E-state index contributed by atoms with van der Waals surface area (Å²) in [7, 11) is 0. The van der Waals surface area contributed by atoms with Gasteiger partial charge < -0.3 is 9.84 Å². The van der Waals surface area contributed by atoms with E-state index >= 15 is 0 Å². The maximum absolute atomic E-state index is 12.0. The van der Waals surface area contributed by atoms with E-state index in [1.54, 1.807) is 0 Å². The van der Waals surface area contributed by atoms with E-state index in [0.717, 1.165) is 5.56 Å². The zero-order valence-electron chi connectivity index (χ0n) is 11.4. The first-order chi connectivity index (χ1) is 8.97. The normalized spacial score (nSPS) is 13.1. The molecule has 1 rings (SSSR count). The van der Waals surface area contributed by atoms with Crippen molar-refractivity contribution in [2.45, 2.75) is 31.5 Å². The second-order valence-electron chi connectivity index (χ2n) is 5.18. The first kappa shape index (κ1) is 16.2. The van der Waals surface area contributed by atoms with Crippen LogP contribution >= 0.6 is 15.9 Å². The van der Waals surface area contributed by atoms with Crippen LogP contribution < -0.4 is 0 Å². The van der Waals surface area contributed by atoms with Gasteiger partial charge in [-0.25, -0.2) is 0 Å². The van der Waals surface area contributed by atoms with Crippen LogP contribution in [-0.4, -0.2) is 24.3 Å². The largest absolute Gasteiger partial charge is 0.465 e. The fourth-order valence-corrected chi connectivity index (χ4v) is 2.85. The van der Waals surface area contributed by atoms with E-state index in [9.17, 15) is 4.79 Å². The van der Waals surface area contributed by atoms with E-state index in [2.05, 4.69) is 15.9 Å². The Balaban J connectivity index is 2.56. The Labute approximate surface area is 123 Å². The Morgan fingerprint density at radius 1 is 1.37 bits per heavy atom. The molecule has 0 bridgehead atoms. The highest BCUT2D eigenvalue weighted by Gasteiger charge is 2.32. The molecule has 0 spiro atoms. The molecule has 0 amide bonds. The van der Waals surface area contributed by atoms with Crippen LogP contribution in [0.5, 0.6) is 0 Å². The van der Waals surface area contributed by atoms with Crippen LogP contribution in [0.2, 0.25) is 0 Å². The predicted octanol–water partition coefficient (Wildman–Crippen LogP) is 3.46. The zero-order valence-corrected chi connectivity index (χ0v) is 13.0. The van der Waals surface area contributed by atoms with Gasteiger partial charge in [0.2, 0.25) is 0 Å². The highest BCUT2D eigenvalue weighted by atomic mass is 79.9. The SMILES string of the molecule is CC(C)(CC(Br)c1ccccc1)C(=O)OCCCO. The molecule has 1 aromatic carbocycles. The van der Waals surface area contributed by atoms with Gasteiger partial charge in [-0.15, -0.1) is 0 Å². The standard InChI is InChI=1S/C15H21BrO3/c1-15(2,14(18)19-10-6-9-17)11-13(16)12-7-4-3-5-8-12/h3-5,7-8,13,17H,6,9-11H2,1-2H3. The molecule has 0 radical (unpaired) electrons. The van der Waals surface area contributed by atoms with Gasteiger partial charge in [0.25, 0.3) is 0 Å². The third-order valence-electron chi connectivity index (χ3n) is 2.94. The average molecular weight is 329 g/mol. The fourth-order valence-electron chi connectivity index (χ4n) is 1.74. The molecule has 0 aromatic heterocycles. The Kier molecular flexibility index (Phi) is 6.52. The molecule has 106 valence electrons. The summed E-state index contributed by atoms with van der Waals surface area (Å²) in [4.78, 5) is 12.1. The monoisotopic (exact) mass is 328 g/mol. The lowest BCUT2D eigenvalue weighted by molar-refractivity contribution is -0.154. The summed E-state index contributed by atoms with van der Waals surface area (Å²) in [6.45, 7) is 4.08. The Morgan fingerprint density at radius 2 is 2.00 bits per heavy atom. The van der Waals surface area contributed by atoms with Gasteiger partial charge in [-0.1, -0.05) is 46.3 Å². The summed E-state index contributed by atoms with van der Waals surface area (Å²) in [5.41, 5.74) is 0.596. The number of hydrogen-bond donors (Lipinski definition) is 1. The van der Waals surface area contributed by atoms with Crippen molar-refractivity contribution in [1.29, 1.82) is 0 Å². The third-order valence-corrected chi connectivity index (χ3v) is 3.79. The predicted molar refractivity (Wildman–Crippen MR) is 79.2 cm³/mol. The number of benzene rings is 1. The van der Waals surface area contributed by atoms with Crippen molar-refractivity contribution in [2.24, 2.45) is 5.41 Å².